The van der Waals surface area contributed by atoms with Crippen LogP contribution in [0.3, 0.4) is 0 Å². The largest absolute Gasteiger partial charge is 0.370 e. The lowest BCUT2D eigenvalue weighted by atomic mass is 10.1. The summed E-state index contributed by atoms with van der Waals surface area (Å²) in [6, 6.07) is 5.13. The number of carbonyl (C=O) groups is 1. The molecule has 3 rings (SSSR count). The fourth-order valence-corrected chi connectivity index (χ4v) is 5.69. The number of benzene rings is 1. The van der Waals surface area contributed by atoms with Gasteiger partial charge in [-0.1, -0.05) is 0 Å². The van der Waals surface area contributed by atoms with Crippen molar-refractivity contribution in [2.24, 2.45) is 0 Å². The molecule has 7 heteroatoms. The van der Waals surface area contributed by atoms with Gasteiger partial charge in [-0.15, -0.1) is 0 Å². The van der Waals surface area contributed by atoms with E-state index in [1.807, 2.05) is 27.7 Å². The van der Waals surface area contributed by atoms with Crippen LogP contribution >= 0.6 is 0 Å². The van der Waals surface area contributed by atoms with Gasteiger partial charge in [-0.2, -0.15) is 4.31 Å². The third-order valence-corrected chi connectivity index (χ3v) is 6.59. The van der Waals surface area contributed by atoms with Crippen molar-refractivity contribution < 1.29 is 17.9 Å². The van der Waals surface area contributed by atoms with E-state index in [-0.39, 0.29) is 22.9 Å². The van der Waals surface area contributed by atoms with Crippen LogP contribution in [0.1, 0.15) is 40.2 Å². The molecule has 0 bridgehead atoms. The Morgan fingerprint density at radius 2 is 1.96 bits per heavy atom. The van der Waals surface area contributed by atoms with E-state index in [0.717, 1.165) is 11.3 Å². The normalized spacial score (nSPS) is 26.5. The van der Waals surface area contributed by atoms with Crippen molar-refractivity contribution in [2.45, 2.75) is 63.7 Å². The van der Waals surface area contributed by atoms with Gasteiger partial charge in [-0.05, 0) is 57.9 Å². The van der Waals surface area contributed by atoms with Crippen LogP contribution in [-0.4, -0.2) is 49.5 Å². The average molecular weight is 366 g/mol. The van der Waals surface area contributed by atoms with E-state index in [2.05, 4.69) is 0 Å². The molecular weight excluding hydrogens is 340 g/mol. The molecule has 0 spiro atoms. The molecule has 138 valence electrons. The third-order valence-electron chi connectivity index (χ3n) is 4.78. The van der Waals surface area contributed by atoms with Gasteiger partial charge in [0.15, 0.2) is 0 Å². The summed E-state index contributed by atoms with van der Waals surface area (Å²) in [5.41, 5.74) is 1.21. The second-order valence-electron chi connectivity index (χ2n) is 7.72. The molecule has 1 aromatic rings. The van der Waals surface area contributed by atoms with E-state index in [9.17, 15) is 13.2 Å². The quantitative estimate of drug-likeness (QED) is 0.805. The molecule has 2 unspecified atom stereocenters. The number of rotatable bonds is 2. The number of fused-ring (bicyclic) bond motifs is 1. The highest BCUT2D eigenvalue weighted by atomic mass is 32.2. The monoisotopic (exact) mass is 366 g/mol. The van der Waals surface area contributed by atoms with Gasteiger partial charge < -0.3 is 9.64 Å². The summed E-state index contributed by atoms with van der Waals surface area (Å²) in [5.74, 6) is -0.0226. The molecule has 1 fully saturated rings. The molecule has 1 aromatic carbocycles. The van der Waals surface area contributed by atoms with Crippen molar-refractivity contribution in [1.29, 1.82) is 0 Å². The van der Waals surface area contributed by atoms with Crippen molar-refractivity contribution >= 4 is 21.6 Å². The fraction of sp³-hybridized carbons (Fsp3) is 0.611. The van der Waals surface area contributed by atoms with Gasteiger partial charge in [0.2, 0.25) is 15.9 Å². The zero-order valence-corrected chi connectivity index (χ0v) is 16.3. The number of morpholine rings is 1. The molecule has 0 aliphatic carbocycles. The van der Waals surface area contributed by atoms with Gasteiger partial charge in [0.05, 0.1) is 16.6 Å². The lowest BCUT2D eigenvalue weighted by Gasteiger charge is -2.40. The van der Waals surface area contributed by atoms with Gasteiger partial charge in [0, 0.05) is 31.7 Å². The summed E-state index contributed by atoms with van der Waals surface area (Å²) in [5, 5.41) is 0. The Kier molecular flexibility index (Phi) is 4.46. The Morgan fingerprint density at radius 1 is 1.28 bits per heavy atom. The van der Waals surface area contributed by atoms with Gasteiger partial charge in [0.1, 0.15) is 0 Å². The first-order valence-corrected chi connectivity index (χ1v) is 10.1. The van der Waals surface area contributed by atoms with E-state index in [4.69, 9.17) is 4.74 Å². The smallest absolute Gasteiger partial charge is 0.243 e. The van der Waals surface area contributed by atoms with Crippen LogP contribution in [0, 0.1) is 0 Å². The number of anilines is 1. The van der Waals surface area contributed by atoms with Crippen LogP contribution in [0.4, 0.5) is 5.69 Å². The van der Waals surface area contributed by atoms with E-state index in [0.29, 0.717) is 19.5 Å². The number of nitrogens with zero attached hydrogens (tertiary/aromatic N) is 2. The van der Waals surface area contributed by atoms with Gasteiger partial charge in [-0.25, -0.2) is 8.42 Å². The number of carbonyl (C=O) groups excluding carboxylic acids is 1. The molecule has 0 aromatic heterocycles. The third kappa shape index (κ3) is 3.32. The molecule has 6 nitrogen and oxygen atoms in total. The molecule has 2 atom stereocenters. The van der Waals surface area contributed by atoms with Gasteiger partial charge in [0.25, 0.3) is 0 Å². The summed E-state index contributed by atoms with van der Waals surface area (Å²) < 4.78 is 33.5. The molecule has 0 N–H and O–H groups in total. The second-order valence-corrected chi connectivity index (χ2v) is 9.66. The molecule has 1 saturated heterocycles. The van der Waals surface area contributed by atoms with Crippen molar-refractivity contribution in [3.8, 4) is 0 Å². The van der Waals surface area contributed by atoms with Crippen molar-refractivity contribution in [3.63, 3.8) is 0 Å². The number of hydrogen-bond donors (Lipinski definition) is 0. The van der Waals surface area contributed by atoms with Crippen molar-refractivity contribution in [2.75, 3.05) is 18.0 Å². The number of ether oxygens (including phenoxy) is 1. The van der Waals surface area contributed by atoms with Crippen LogP contribution in [0.25, 0.3) is 0 Å². The second kappa shape index (κ2) is 6.07. The number of hydrogen-bond acceptors (Lipinski definition) is 4. The molecule has 2 aliphatic heterocycles. The Hall–Kier alpha value is -1.44. The molecule has 1 amide bonds. The average Bonchev–Trinajstić information content (AvgIpc) is 2.79. The predicted molar refractivity (Wildman–Crippen MR) is 96.2 cm³/mol. The van der Waals surface area contributed by atoms with Gasteiger partial charge >= 0.3 is 0 Å². The number of amides is 1. The van der Waals surface area contributed by atoms with Crippen molar-refractivity contribution in [3.05, 3.63) is 23.8 Å². The van der Waals surface area contributed by atoms with Crippen LogP contribution in [0.15, 0.2) is 23.1 Å². The van der Waals surface area contributed by atoms with Gasteiger partial charge in [-0.3, -0.25) is 4.79 Å². The van der Waals surface area contributed by atoms with Crippen LogP contribution in [0.2, 0.25) is 0 Å². The van der Waals surface area contributed by atoms with E-state index < -0.39 is 15.6 Å². The van der Waals surface area contributed by atoms with E-state index >= 15 is 0 Å². The van der Waals surface area contributed by atoms with E-state index in [1.54, 1.807) is 23.1 Å². The Morgan fingerprint density at radius 3 is 2.56 bits per heavy atom. The minimum Gasteiger partial charge on any atom is -0.370 e. The Balaban J connectivity index is 1.95. The summed E-state index contributed by atoms with van der Waals surface area (Å²) >= 11 is 0. The highest BCUT2D eigenvalue weighted by Crippen LogP contribution is 2.35. The summed E-state index contributed by atoms with van der Waals surface area (Å²) in [6.45, 7) is 9.87. The topological polar surface area (TPSA) is 66.9 Å². The lowest BCUT2D eigenvalue weighted by Crippen LogP contribution is -2.53. The lowest BCUT2D eigenvalue weighted by molar-refractivity contribution is -0.116. The first kappa shape index (κ1) is 18.4. The highest BCUT2D eigenvalue weighted by Gasteiger charge is 2.38. The highest BCUT2D eigenvalue weighted by molar-refractivity contribution is 7.89. The van der Waals surface area contributed by atoms with Crippen LogP contribution < -0.4 is 4.90 Å². The Bertz CT molecular complexity index is 803. The van der Waals surface area contributed by atoms with Crippen molar-refractivity contribution in [1.82, 2.24) is 4.31 Å². The summed E-state index contributed by atoms with van der Waals surface area (Å²) in [4.78, 5) is 13.9. The molecular formula is C18H26N2O4S. The molecule has 0 saturated carbocycles. The molecule has 25 heavy (non-hydrogen) atoms. The molecule has 2 heterocycles. The number of sulfonamides is 1. The maximum Gasteiger partial charge on any atom is 0.243 e. The van der Waals surface area contributed by atoms with Crippen LogP contribution in [-0.2, 0) is 26.0 Å². The standard InChI is InChI=1S/C18H26N2O4S/c1-12-8-15-9-16(6-7-17(15)20(12)14(3)21)25(22,23)19-10-13(2)24-18(4,5)11-19/h6-7,9,12-13H,8,10-11H2,1-5H3. The first-order valence-electron chi connectivity index (χ1n) is 8.62. The zero-order chi connectivity index (χ0) is 18.6. The predicted octanol–water partition coefficient (Wildman–Crippen LogP) is 2.17. The maximum atomic E-state index is 13.1. The summed E-state index contributed by atoms with van der Waals surface area (Å²) in [6.07, 6.45) is 0.518. The zero-order valence-electron chi connectivity index (χ0n) is 15.4. The van der Waals surface area contributed by atoms with E-state index in [1.165, 1.54) is 11.2 Å². The summed E-state index contributed by atoms with van der Waals surface area (Å²) in [7, 11) is -3.59. The molecule has 2 aliphatic rings. The minimum atomic E-state index is -3.59. The van der Waals surface area contributed by atoms with Crippen LogP contribution in [0.5, 0.6) is 0 Å². The molecule has 0 radical (unpaired) electrons. The maximum absolute atomic E-state index is 13.1. The SMILES string of the molecule is CC(=O)N1c2ccc(S(=O)(=O)N3CC(C)OC(C)(C)C3)cc2CC1C. The fourth-order valence-electron chi connectivity index (χ4n) is 3.98. The Labute approximate surface area is 149 Å². The first-order chi connectivity index (χ1) is 11.5. The minimum absolute atomic E-state index is 0.0226.